The number of carbonyl (C=O) groups is 1. The van der Waals surface area contributed by atoms with Crippen LogP contribution in [0.1, 0.15) is 5.56 Å². The second kappa shape index (κ2) is 7.34. The number of hydrogen-bond donors (Lipinski definition) is 1. The molecule has 3 nitrogen and oxygen atoms in total. The summed E-state index contributed by atoms with van der Waals surface area (Å²) in [5.41, 5.74) is 2.63. The monoisotopic (exact) mass is 334 g/mol. The van der Waals surface area contributed by atoms with E-state index in [0.717, 1.165) is 16.9 Å². The smallest absolute Gasteiger partial charge is 0.248 e. The molecule has 0 atom stereocenters. The molecular weight excluding hydrogens is 319 g/mol. The Balaban J connectivity index is 2.00. The van der Waals surface area contributed by atoms with E-state index in [2.05, 4.69) is 5.32 Å². The highest BCUT2D eigenvalue weighted by atomic mass is 35.5. The largest absolute Gasteiger partial charge is 0.378 e. The van der Waals surface area contributed by atoms with Gasteiger partial charge in [-0.15, -0.1) is 0 Å². The van der Waals surface area contributed by atoms with Crippen molar-refractivity contribution in [2.75, 3.05) is 24.3 Å². The van der Waals surface area contributed by atoms with Gasteiger partial charge in [-0.1, -0.05) is 29.3 Å². The Morgan fingerprint density at radius 3 is 2.32 bits per heavy atom. The van der Waals surface area contributed by atoms with Gasteiger partial charge < -0.3 is 10.2 Å². The molecule has 114 valence electrons. The number of hydrogen-bond acceptors (Lipinski definition) is 2. The lowest BCUT2D eigenvalue weighted by Crippen LogP contribution is -2.10. The molecule has 0 saturated heterocycles. The molecule has 2 rings (SSSR count). The first-order valence-corrected chi connectivity index (χ1v) is 7.43. The Kier molecular flexibility index (Phi) is 5.47. The zero-order chi connectivity index (χ0) is 16.1. The molecule has 0 aliphatic rings. The SMILES string of the molecule is CN(C)c1ccc(NC(=O)C=Cc2ccc(Cl)c(Cl)c2)cc1. The summed E-state index contributed by atoms with van der Waals surface area (Å²) in [5.74, 6) is -0.205. The molecule has 0 bridgehead atoms. The van der Waals surface area contributed by atoms with Gasteiger partial charge in [0.1, 0.15) is 0 Å². The fourth-order valence-corrected chi connectivity index (χ4v) is 2.12. The van der Waals surface area contributed by atoms with Crippen LogP contribution in [0.5, 0.6) is 0 Å². The Bertz CT molecular complexity index is 694. The van der Waals surface area contributed by atoms with Gasteiger partial charge in [0.05, 0.1) is 10.0 Å². The van der Waals surface area contributed by atoms with Crippen LogP contribution in [0.2, 0.25) is 10.0 Å². The zero-order valence-corrected chi connectivity index (χ0v) is 13.8. The molecule has 2 aromatic rings. The molecular formula is C17H16Cl2N2O. The van der Waals surface area contributed by atoms with Crippen molar-refractivity contribution in [3.05, 3.63) is 64.1 Å². The standard InChI is InChI=1S/C17H16Cl2N2O/c1-21(2)14-7-5-13(6-8-14)20-17(22)10-4-12-3-9-15(18)16(19)11-12/h3-11H,1-2H3,(H,20,22). The van der Waals surface area contributed by atoms with Gasteiger partial charge in [-0.2, -0.15) is 0 Å². The van der Waals surface area contributed by atoms with Crippen molar-refractivity contribution in [1.29, 1.82) is 0 Å². The maximum Gasteiger partial charge on any atom is 0.248 e. The number of carbonyl (C=O) groups excluding carboxylic acids is 1. The summed E-state index contributed by atoms with van der Waals surface area (Å²) in [6.07, 6.45) is 3.14. The molecule has 0 fully saturated rings. The van der Waals surface area contributed by atoms with E-state index in [-0.39, 0.29) is 5.91 Å². The van der Waals surface area contributed by atoms with Gasteiger partial charge in [-0.05, 0) is 48.0 Å². The molecule has 1 N–H and O–H groups in total. The number of amides is 1. The van der Waals surface area contributed by atoms with E-state index in [1.165, 1.54) is 6.08 Å². The van der Waals surface area contributed by atoms with Crippen molar-refractivity contribution in [2.45, 2.75) is 0 Å². The first-order chi connectivity index (χ1) is 10.5. The predicted molar refractivity (Wildman–Crippen MR) is 94.9 cm³/mol. The summed E-state index contributed by atoms with van der Waals surface area (Å²) in [7, 11) is 3.93. The summed E-state index contributed by atoms with van der Waals surface area (Å²) in [6.45, 7) is 0. The molecule has 5 heteroatoms. The lowest BCUT2D eigenvalue weighted by Gasteiger charge is -2.12. The van der Waals surface area contributed by atoms with E-state index < -0.39 is 0 Å². The van der Waals surface area contributed by atoms with E-state index in [1.807, 2.05) is 43.3 Å². The van der Waals surface area contributed by atoms with Crippen molar-refractivity contribution < 1.29 is 4.79 Å². The number of halogens is 2. The summed E-state index contributed by atoms with van der Waals surface area (Å²) in [6, 6.07) is 12.8. The van der Waals surface area contributed by atoms with Gasteiger partial charge >= 0.3 is 0 Å². The fraction of sp³-hybridized carbons (Fsp3) is 0.118. The molecule has 0 aliphatic carbocycles. The Labute approximate surface area is 140 Å². The Hall–Kier alpha value is -1.97. The second-order valence-electron chi connectivity index (χ2n) is 4.94. The summed E-state index contributed by atoms with van der Waals surface area (Å²) in [5, 5.41) is 3.75. The van der Waals surface area contributed by atoms with E-state index in [1.54, 1.807) is 24.3 Å². The van der Waals surface area contributed by atoms with Gasteiger partial charge in [0.15, 0.2) is 0 Å². The minimum absolute atomic E-state index is 0.205. The molecule has 0 unspecified atom stereocenters. The van der Waals surface area contributed by atoms with Gasteiger partial charge in [0, 0.05) is 31.5 Å². The van der Waals surface area contributed by atoms with Gasteiger partial charge in [-0.3, -0.25) is 4.79 Å². The quantitative estimate of drug-likeness (QED) is 0.821. The molecule has 0 radical (unpaired) electrons. The van der Waals surface area contributed by atoms with Crippen LogP contribution in [-0.2, 0) is 4.79 Å². The average Bonchev–Trinajstić information content (AvgIpc) is 2.49. The van der Waals surface area contributed by atoms with Crippen LogP contribution in [0.25, 0.3) is 6.08 Å². The number of rotatable bonds is 4. The van der Waals surface area contributed by atoms with Crippen LogP contribution in [0.4, 0.5) is 11.4 Å². The Morgan fingerprint density at radius 1 is 1.05 bits per heavy atom. The normalized spacial score (nSPS) is 10.7. The van der Waals surface area contributed by atoms with E-state index >= 15 is 0 Å². The number of benzene rings is 2. The fourth-order valence-electron chi connectivity index (χ4n) is 1.81. The molecule has 22 heavy (non-hydrogen) atoms. The molecule has 0 saturated carbocycles. The van der Waals surface area contributed by atoms with Crippen molar-refractivity contribution in [1.82, 2.24) is 0 Å². The van der Waals surface area contributed by atoms with Crippen molar-refractivity contribution in [3.8, 4) is 0 Å². The summed E-state index contributed by atoms with van der Waals surface area (Å²) < 4.78 is 0. The summed E-state index contributed by atoms with van der Waals surface area (Å²) >= 11 is 11.8. The molecule has 2 aromatic carbocycles. The van der Waals surface area contributed by atoms with Crippen molar-refractivity contribution >= 4 is 46.6 Å². The molecule has 1 amide bonds. The number of nitrogens with one attached hydrogen (secondary N) is 1. The topological polar surface area (TPSA) is 32.3 Å². The second-order valence-corrected chi connectivity index (χ2v) is 5.75. The van der Waals surface area contributed by atoms with Gasteiger partial charge in [0.2, 0.25) is 5.91 Å². The zero-order valence-electron chi connectivity index (χ0n) is 12.3. The van der Waals surface area contributed by atoms with Crippen molar-refractivity contribution in [2.24, 2.45) is 0 Å². The minimum Gasteiger partial charge on any atom is -0.378 e. The maximum atomic E-state index is 11.9. The third kappa shape index (κ3) is 4.52. The van der Waals surface area contributed by atoms with Crippen LogP contribution in [0.3, 0.4) is 0 Å². The van der Waals surface area contributed by atoms with E-state index in [0.29, 0.717) is 10.0 Å². The van der Waals surface area contributed by atoms with E-state index in [4.69, 9.17) is 23.2 Å². The van der Waals surface area contributed by atoms with Crippen molar-refractivity contribution in [3.63, 3.8) is 0 Å². The Morgan fingerprint density at radius 2 is 1.73 bits per heavy atom. The lowest BCUT2D eigenvalue weighted by molar-refractivity contribution is -0.111. The highest BCUT2D eigenvalue weighted by molar-refractivity contribution is 6.42. The number of anilines is 2. The first-order valence-electron chi connectivity index (χ1n) is 6.67. The lowest BCUT2D eigenvalue weighted by atomic mass is 10.2. The maximum absolute atomic E-state index is 11.9. The highest BCUT2D eigenvalue weighted by Crippen LogP contribution is 2.23. The van der Waals surface area contributed by atoms with Crippen LogP contribution in [0, 0.1) is 0 Å². The molecule has 0 heterocycles. The van der Waals surface area contributed by atoms with Crippen LogP contribution in [-0.4, -0.2) is 20.0 Å². The van der Waals surface area contributed by atoms with Gasteiger partial charge in [-0.25, -0.2) is 0 Å². The minimum atomic E-state index is -0.205. The summed E-state index contributed by atoms with van der Waals surface area (Å²) in [4.78, 5) is 13.9. The number of nitrogens with zero attached hydrogens (tertiary/aromatic N) is 1. The predicted octanol–water partition coefficient (Wildman–Crippen LogP) is 4.71. The molecule has 0 aromatic heterocycles. The molecule has 0 spiro atoms. The highest BCUT2D eigenvalue weighted by Gasteiger charge is 2.01. The first kappa shape index (κ1) is 16.4. The van der Waals surface area contributed by atoms with Crippen LogP contribution in [0.15, 0.2) is 48.5 Å². The average molecular weight is 335 g/mol. The third-order valence-corrected chi connectivity index (χ3v) is 3.76. The van der Waals surface area contributed by atoms with Crippen LogP contribution >= 0.6 is 23.2 Å². The van der Waals surface area contributed by atoms with Crippen LogP contribution < -0.4 is 10.2 Å². The van der Waals surface area contributed by atoms with E-state index in [9.17, 15) is 4.79 Å². The molecule has 0 aliphatic heterocycles. The van der Waals surface area contributed by atoms with Gasteiger partial charge in [0.25, 0.3) is 0 Å². The third-order valence-electron chi connectivity index (χ3n) is 3.02.